The molecule has 0 spiro atoms. The van der Waals surface area contributed by atoms with Crippen LogP contribution in [0.25, 0.3) is 11.2 Å². The van der Waals surface area contributed by atoms with Crippen LogP contribution in [0, 0.1) is 10.1 Å². The number of hydrogen-bond acceptors (Lipinski definition) is 11. The van der Waals surface area contributed by atoms with Gasteiger partial charge in [-0.05, 0) is 12.5 Å². The first-order valence-electron chi connectivity index (χ1n) is 13.3. The molecule has 2 saturated heterocycles. The quantitative estimate of drug-likeness (QED) is 0.220. The van der Waals surface area contributed by atoms with Crippen LogP contribution in [0.15, 0.2) is 46.2 Å². The van der Waals surface area contributed by atoms with Gasteiger partial charge < -0.3 is 29.1 Å². The molecule has 6 atom stereocenters. The van der Waals surface area contributed by atoms with E-state index in [1.807, 2.05) is 42.2 Å². The van der Waals surface area contributed by atoms with E-state index in [1.54, 1.807) is 11.6 Å². The second-order valence-electron chi connectivity index (χ2n) is 10.9. The third-order valence-corrected chi connectivity index (χ3v) is 7.86. The van der Waals surface area contributed by atoms with Crippen molar-refractivity contribution in [3.8, 4) is 0 Å². The summed E-state index contributed by atoms with van der Waals surface area (Å²) in [6.07, 6.45) is -2.20. The topological polar surface area (TPSA) is 176 Å². The molecule has 41 heavy (non-hydrogen) atoms. The molecule has 2 unspecified atom stereocenters. The van der Waals surface area contributed by atoms with Gasteiger partial charge in [-0.1, -0.05) is 30.3 Å². The van der Waals surface area contributed by atoms with Crippen molar-refractivity contribution >= 4 is 11.2 Å². The Kier molecular flexibility index (Phi) is 7.98. The standard InChI is InChI=1S/C26H34N6O9/c1-16(31-15-27-23-20(31)24(34)29(3)25(35)28(23)2)10-30(11-17-7-5-4-6-8-17)12-18(33)9-26(36)14-40-21-19(41-32(37)38)13-39-22(21)26/h4-8,15-16,18-19,21-22,33,36H,9-14H2,1-3H3/t16?,18?,19-,21-,22+,26+/m1/s1. The smallest absolute Gasteiger partial charge is 0.332 e. The molecule has 15 heteroatoms. The van der Waals surface area contributed by atoms with Crippen LogP contribution in [0.5, 0.6) is 0 Å². The molecule has 5 rings (SSSR count). The maximum absolute atomic E-state index is 13.0. The predicted molar refractivity (Wildman–Crippen MR) is 144 cm³/mol. The zero-order valence-corrected chi connectivity index (χ0v) is 23.0. The summed E-state index contributed by atoms with van der Waals surface area (Å²) < 4.78 is 15.3. The molecule has 2 aliphatic heterocycles. The Bertz CT molecular complexity index is 1520. The van der Waals surface area contributed by atoms with Gasteiger partial charge in [-0.3, -0.25) is 18.8 Å². The predicted octanol–water partition coefficient (Wildman–Crippen LogP) is -0.646. The van der Waals surface area contributed by atoms with E-state index in [-0.39, 0.29) is 37.9 Å². The average Bonchev–Trinajstić information content (AvgIpc) is 3.62. The summed E-state index contributed by atoms with van der Waals surface area (Å²) in [5.74, 6) is 0. The summed E-state index contributed by atoms with van der Waals surface area (Å²) >= 11 is 0. The van der Waals surface area contributed by atoms with Gasteiger partial charge >= 0.3 is 5.69 Å². The Morgan fingerprint density at radius 3 is 2.66 bits per heavy atom. The van der Waals surface area contributed by atoms with Crippen LogP contribution in [0.4, 0.5) is 0 Å². The number of aliphatic hydroxyl groups is 2. The van der Waals surface area contributed by atoms with Gasteiger partial charge in [0.2, 0.25) is 0 Å². The van der Waals surface area contributed by atoms with Crippen molar-refractivity contribution in [2.24, 2.45) is 14.1 Å². The monoisotopic (exact) mass is 574 g/mol. The van der Waals surface area contributed by atoms with Crippen LogP contribution >= 0.6 is 0 Å². The molecule has 0 saturated carbocycles. The molecule has 1 aromatic carbocycles. The van der Waals surface area contributed by atoms with E-state index in [4.69, 9.17) is 9.47 Å². The zero-order valence-electron chi connectivity index (χ0n) is 23.0. The molecule has 0 bridgehead atoms. The summed E-state index contributed by atoms with van der Waals surface area (Å²) in [5.41, 5.74) is -0.879. The van der Waals surface area contributed by atoms with Gasteiger partial charge in [-0.25, -0.2) is 9.78 Å². The molecule has 0 aliphatic carbocycles. The molecule has 15 nitrogen and oxygen atoms in total. The number of nitrogens with zero attached hydrogens (tertiary/aromatic N) is 6. The molecule has 0 amide bonds. The molecule has 2 aliphatic rings. The highest BCUT2D eigenvalue weighted by atomic mass is 17.0. The number of aliphatic hydroxyl groups excluding tert-OH is 1. The fourth-order valence-electron chi connectivity index (χ4n) is 5.91. The van der Waals surface area contributed by atoms with Gasteiger partial charge in [-0.15, -0.1) is 10.1 Å². The van der Waals surface area contributed by atoms with Crippen LogP contribution in [-0.2, 0) is 35.0 Å². The lowest BCUT2D eigenvalue weighted by Gasteiger charge is -2.33. The molecule has 3 aromatic rings. The van der Waals surface area contributed by atoms with E-state index in [2.05, 4.69) is 9.82 Å². The van der Waals surface area contributed by atoms with Gasteiger partial charge in [0.1, 0.15) is 17.8 Å². The van der Waals surface area contributed by atoms with Crippen molar-refractivity contribution in [3.63, 3.8) is 0 Å². The lowest BCUT2D eigenvalue weighted by atomic mass is 9.89. The molecule has 2 N–H and O–H groups in total. The molecule has 0 radical (unpaired) electrons. The van der Waals surface area contributed by atoms with Crippen molar-refractivity contribution in [1.29, 1.82) is 0 Å². The van der Waals surface area contributed by atoms with Crippen molar-refractivity contribution in [2.75, 3.05) is 26.3 Å². The minimum Gasteiger partial charge on any atom is -0.392 e. The van der Waals surface area contributed by atoms with E-state index >= 15 is 0 Å². The minimum atomic E-state index is -1.56. The van der Waals surface area contributed by atoms with E-state index in [0.717, 1.165) is 10.1 Å². The highest BCUT2D eigenvalue weighted by molar-refractivity contribution is 5.70. The maximum Gasteiger partial charge on any atom is 0.332 e. The van der Waals surface area contributed by atoms with Crippen molar-refractivity contribution < 1.29 is 29.6 Å². The molecular formula is C26H34N6O9. The highest BCUT2D eigenvalue weighted by Crippen LogP contribution is 2.38. The minimum absolute atomic E-state index is 0.0876. The van der Waals surface area contributed by atoms with E-state index < -0.39 is 46.4 Å². The first-order chi connectivity index (χ1) is 19.5. The second-order valence-corrected chi connectivity index (χ2v) is 10.9. The van der Waals surface area contributed by atoms with Crippen molar-refractivity contribution in [3.05, 3.63) is 73.2 Å². The maximum atomic E-state index is 13.0. The Hall–Kier alpha value is -3.63. The zero-order chi connectivity index (χ0) is 29.5. The highest BCUT2D eigenvalue weighted by Gasteiger charge is 2.57. The van der Waals surface area contributed by atoms with Crippen molar-refractivity contribution in [1.82, 2.24) is 23.6 Å². The molecular weight excluding hydrogens is 540 g/mol. The fourth-order valence-corrected chi connectivity index (χ4v) is 5.91. The average molecular weight is 575 g/mol. The SMILES string of the molecule is CC(CN(Cc1ccccc1)CC(O)C[C@]1(O)CO[C@@H]2[C@H](O[N+](=O)[O-])CO[C@@H]21)n1cnc2c1c(=O)n(C)c(=O)n2C. The molecule has 4 heterocycles. The third-order valence-electron chi connectivity index (χ3n) is 7.86. The molecule has 222 valence electrons. The lowest BCUT2D eigenvalue weighted by Crippen LogP contribution is -2.48. The van der Waals surface area contributed by atoms with E-state index in [9.17, 15) is 29.9 Å². The number of imidazole rings is 1. The first kappa shape index (κ1) is 28.9. The number of ether oxygens (including phenoxy) is 2. The summed E-state index contributed by atoms with van der Waals surface area (Å²) in [7, 11) is 2.98. The number of fused-ring (bicyclic) bond motifs is 2. The van der Waals surface area contributed by atoms with Gasteiger partial charge in [-0.2, -0.15) is 0 Å². The van der Waals surface area contributed by atoms with E-state index in [1.165, 1.54) is 17.9 Å². The number of rotatable bonds is 11. The fraction of sp³-hybridized carbons (Fsp3) is 0.577. The summed E-state index contributed by atoms with van der Waals surface area (Å²) in [6, 6.07) is 9.40. The third kappa shape index (κ3) is 5.63. The summed E-state index contributed by atoms with van der Waals surface area (Å²) in [4.78, 5) is 47.1. The second kappa shape index (κ2) is 11.3. The summed E-state index contributed by atoms with van der Waals surface area (Å²) in [6.45, 7) is 2.70. The Balaban J connectivity index is 1.34. The van der Waals surface area contributed by atoms with Crippen LogP contribution in [0.3, 0.4) is 0 Å². The van der Waals surface area contributed by atoms with Crippen LogP contribution in [0.1, 0.15) is 24.9 Å². The normalized spacial score (nSPS) is 25.5. The van der Waals surface area contributed by atoms with E-state index in [0.29, 0.717) is 18.6 Å². The number of aromatic nitrogens is 4. The lowest BCUT2D eigenvalue weighted by molar-refractivity contribution is -0.769. The molecule has 2 aromatic heterocycles. The number of aryl methyl sites for hydroxylation is 1. The van der Waals surface area contributed by atoms with Gasteiger partial charge in [0.25, 0.3) is 10.6 Å². The van der Waals surface area contributed by atoms with Gasteiger partial charge in [0.15, 0.2) is 17.3 Å². The Labute approximate surface area is 234 Å². The van der Waals surface area contributed by atoms with Crippen molar-refractivity contribution in [2.45, 2.75) is 55.9 Å². The molecule has 2 fully saturated rings. The van der Waals surface area contributed by atoms with Crippen LogP contribution in [0.2, 0.25) is 0 Å². The number of hydrogen-bond donors (Lipinski definition) is 2. The Morgan fingerprint density at radius 1 is 1.22 bits per heavy atom. The van der Waals surface area contributed by atoms with Gasteiger partial charge in [0.05, 0.1) is 25.6 Å². The van der Waals surface area contributed by atoms with Crippen LogP contribution < -0.4 is 11.2 Å². The Morgan fingerprint density at radius 2 is 1.95 bits per heavy atom. The largest absolute Gasteiger partial charge is 0.392 e. The number of benzene rings is 1. The first-order valence-corrected chi connectivity index (χ1v) is 13.3. The van der Waals surface area contributed by atoms with Crippen LogP contribution in [-0.4, -0.2) is 95.2 Å². The summed E-state index contributed by atoms with van der Waals surface area (Å²) in [5, 5.41) is 32.3. The van der Waals surface area contributed by atoms with Gasteiger partial charge in [0, 0.05) is 46.2 Å².